The number of alkyl halides is 3. The number of Topliss-reactive ketones (excluding diaryl/α,β-unsaturated/α-hetero) is 1. The van der Waals surface area contributed by atoms with Gasteiger partial charge in [0, 0.05) is 49.1 Å². The Balaban J connectivity index is 0.000000490. The molecule has 0 radical (unpaired) electrons. The molecule has 6 N–H and O–H groups in total. The van der Waals surface area contributed by atoms with Gasteiger partial charge in [-0.3, -0.25) is 14.6 Å². The van der Waals surface area contributed by atoms with Gasteiger partial charge in [-0.15, -0.1) is 0 Å². The summed E-state index contributed by atoms with van der Waals surface area (Å²) in [7, 11) is 0. The topological polar surface area (TPSA) is 146 Å². The van der Waals surface area contributed by atoms with Crippen molar-refractivity contribution in [3.05, 3.63) is 93.8 Å². The van der Waals surface area contributed by atoms with Crippen molar-refractivity contribution in [1.82, 2.24) is 4.90 Å². The first kappa shape index (κ1) is 34.9. The van der Waals surface area contributed by atoms with Gasteiger partial charge in [-0.05, 0) is 42.2 Å². The van der Waals surface area contributed by atoms with Crippen molar-refractivity contribution < 1.29 is 27.9 Å². The molecule has 1 aliphatic rings. The van der Waals surface area contributed by atoms with E-state index in [-0.39, 0.29) is 37.0 Å². The third-order valence-electron chi connectivity index (χ3n) is 6.98. The zero-order valence-corrected chi connectivity index (χ0v) is 25.1. The van der Waals surface area contributed by atoms with E-state index in [2.05, 4.69) is 18.0 Å². The molecule has 11 heteroatoms. The summed E-state index contributed by atoms with van der Waals surface area (Å²) >= 11 is 0. The minimum atomic E-state index is -4.43. The quantitative estimate of drug-likeness (QED) is 0.258. The number of nitrogens with two attached hydrogens (primary N) is 2. The van der Waals surface area contributed by atoms with Crippen molar-refractivity contribution in [3.63, 3.8) is 0 Å². The molecular formula is C32H40F3N5O3. The Hall–Kier alpha value is -4.25. The van der Waals surface area contributed by atoms with Gasteiger partial charge in [-0.25, -0.2) is 0 Å². The van der Waals surface area contributed by atoms with Crippen LogP contribution >= 0.6 is 0 Å². The molecule has 1 unspecified atom stereocenters. The van der Waals surface area contributed by atoms with E-state index in [1.54, 1.807) is 6.92 Å². The van der Waals surface area contributed by atoms with Gasteiger partial charge in [-0.1, -0.05) is 57.2 Å². The van der Waals surface area contributed by atoms with Crippen molar-refractivity contribution in [1.29, 1.82) is 5.41 Å². The Morgan fingerprint density at radius 3 is 2.28 bits per heavy atom. The minimum Gasteiger partial charge on any atom is -0.404 e. The zero-order chi connectivity index (χ0) is 32.5. The second kappa shape index (κ2) is 14.8. The van der Waals surface area contributed by atoms with Gasteiger partial charge >= 0.3 is 6.18 Å². The van der Waals surface area contributed by atoms with Crippen molar-refractivity contribution >= 4 is 23.6 Å². The number of carbonyl (C=O) groups is 2. The molecule has 2 aromatic rings. The fraction of sp³-hybridized carbons (Fsp3) is 0.375. The third kappa shape index (κ3) is 9.37. The number of aliphatic imine (C=N–C) groups is 1. The summed E-state index contributed by atoms with van der Waals surface area (Å²) in [6.07, 6.45) is -1.86. The van der Waals surface area contributed by atoms with Gasteiger partial charge in [0.05, 0.1) is 29.5 Å². The predicted molar refractivity (Wildman–Crippen MR) is 162 cm³/mol. The van der Waals surface area contributed by atoms with Crippen molar-refractivity contribution in [2.45, 2.75) is 59.9 Å². The molecule has 0 bridgehead atoms. The van der Waals surface area contributed by atoms with Crippen LogP contribution in [-0.2, 0) is 28.7 Å². The van der Waals surface area contributed by atoms with Crippen LogP contribution in [0.25, 0.3) is 0 Å². The average molecular weight is 600 g/mol. The lowest BCUT2D eigenvalue weighted by atomic mass is 9.78. The lowest BCUT2D eigenvalue weighted by Gasteiger charge is -2.41. The lowest BCUT2D eigenvalue weighted by molar-refractivity contribution is -0.137. The van der Waals surface area contributed by atoms with Gasteiger partial charge < -0.3 is 26.9 Å². The summed E-state index contributed by atoms with van der Waals surface area (Å²) in [5.41, 5.74) is 13.7. The number of ketones is 1. The Morgan fingerprint density at radius 1 is 1.16 bits per heavy atom. The van der Waals surface area contributed by atoms with E-state index in [4.69, 9.17) is 16.9 Å². The Morgan fingerprint density at radius 2 is 1.79 bits per heavy atom. The average Bonchev–Trinajstić information content (AvgIpc) is 2.96. The van der Waals surface area contributed by atoms with Crippen LogP contribution < -0.4 is 11.5 Å². The number of rotatable bonds is 7. The molecule has 2 aromatic carbocycles. The summed E-state index contributed by atoms with van der Waals surface area (Å²) in [5.74, 6) is -0.875. The number of piperidine rings is 1. The normalized spacial score (nSPS) is 17.9. The van der Waals surface area contributed by atoms with Crippen LogP contribution in [-0.4, -0.2) is 46.7 Å². The maximum Gasteiger partial charge on any atom is 0.416 e. The second-order valence-corrected chi connectivity index (χ2v) is 10.9. The van der Waals surface area contributed by atoms with Crippen LogP contribution in [0.1, 0.15) is 63.0 Å². The smallest absolute Gasteiger partial charge is 0.404 e. The first-order chi connectivity index (χ1) is 20.0. The van der Waals surface area contributed by atoms with Crippen LogP contribution in [0.3, 0.4) is 0 Å². The maximum atomic E-state index is 12.8. The van der Waals surface area contributed by atoms with Crippen molar-refractivity contribution in [2.24, 2.45) is 21.9 Å². The Bertz CT molecular complexity index is 1410. The highest BCUT2D eigenvalue weighted by Crippen LogP contribution is 2.33. The van der Waals surface area contributed by atoms with E-state index in [1.807, 2.05) is 32.0 Å². The summed E-state index contributed by atoms with van der Waals surface area (Å²) in [5, 5.41) is 16.6. The fourth-order valence-corrected chi connectivity index (χ4v) is 4.57. The van der Waals surface area contributed by atoms with Gasteiger partial charge in [0.1, 0.15) is 0 Å². The molecule has 1 fully saturated rings. The molecule has 3 rings (SSSR count). The van der Waals surface area contributed by atoms with E-state index in [0.717, 1.165) is 36.5 Å². The zero-order valence-electron chi connectivity index (χ0n) is 25.1. The Kier molecular flexibility index (Phi) is 12.0. The number of carbonyl (C=O) groups excluding carboxylic acids is 2. The third-order valence-corrected chi connectivity index (χ3v) is 6.98. The van der Waals surface area contributed by atoms with Gasteiger partial charge in [0.25, 0.3) is 5.91 Å². The molecule has 0 spiro atoms. The van der Waals surface area contributed by atoms with Crippen LogP contribution in [0.5, 0.6) is 0 Å². The predicted octanol–water partition coefficient (Wildman–Crippen LogP) is 5.11. The van der Waals surface area contributed by atoms with Gasteiger partial charge in [0.2, 0.25) is 0 Å². The summed E-state index contributed by atoms with van der Waals surface area (Å²) < 4.78 is 38.4. The number of aryl methyl sites for hydroxylation is 1. The van der Waals surface area contributed by atoms with Crippen LogP contribution in [0.4, 0.5) is 13.2 Å². The first-order valence-electron chi connectivity index (χ1n) is 13.7. The molecule has 0 aliphatic carbocycles. The van der Waals surface area contributed by atoms with E-state index in [9.17, 15) is 27.9 Å². The molecule has 1 heterocycles. The number of hydrogen-bond donors (Lipinski definition) is 4. The molecule has 1 amide bonds. The number of aliphatic hydroxyl groups excluding tert-OH is 1. The number of likely N-dealkylation sites (tertiary alicyclic amines) is 1. The molecule has 0 saturated carbocycles. The lowest BCUT2D eigenvalue weighted by Crippen LogP contribution is -2.51. The number of aliphatic hydroxyl groups is 1. The molecule has 43 heavy (non-hydrogen) atoms. The van der Waals surface area contributed by atoms with E-state index >= 15 is 0 Å². The minimum absolute atomic E-state index is 0.00769. The molecule has 0 aromatic heterocycles. The standard InChI is InChI=1S/C22H26F3N5O2.C10H14O/c1-13(31)18(28)17-11-30(20(32)15(8-26)9-27)12-21(2,3)19(17)29-10-14-4-6-16(7-5-14)22(23,24)25;1-3-9-5-4-6-10(7-9)8(2)11/h4-9,26H,10-12,27-28H2,1-3H3;4-8,11H,3H2,1-2H3/b15-9+,18-17-,26-8?,29-19?;. The number of benzene rings is 2. The number of allylic oxidation sites excluding steroid dienone is 1. The first-order valence-corrected chi connectivity index (χ1v) is 13.7. The monoisotopic (exact) mass is 599 g/mol. The van der Waals surface area contributed by atoms with Crippen molar-refractivity contribution in [2.75, 3.05) is 13.1 Å². The highest BCUT2D eigenvalue weighted by molar-refractivity contribution is 6.15. The van der Waals surface area contributed by atoms with Gasteiger partial charge in [0.15, 0.2) is 5.78 Å². The fourth-order valence-electron chi connectivity index (χ4n) is 4.57. The number of halogens is 3. The van der Waals surface area contributed by atoms with Crippen LogP contribution in [0, 0.1) is 10.8 Å². The molecule has 1 atom stereocenters. The second-order valence-electron chi connectivity index (χ2n) is 10.9. The van der Waals surface area contributed by atoms with Crippen LogP contribution in [0.15, 0.2) is 76.6 Å². The van der Waals surface area contributed by atoms with Crippen molar-refractivity contribution in [3.8, 4) is 0 Å². The summed E-state index contributed by atoms with van der Waals surface area (Å²) in [6.45, 7) is 9.13. The van der Waals surface area contributed by atoms with Crippen LogP contribution in [0.2, 0.25) is 0 Å². The summed E-state index contributed by atoms with van der Waals surface area (Å²) in [6, 6.07) is 12.7. The molecule has 1 saturated heterocycles. The highest BCUT2D eigenvalue weighted by Gasteiger charge is 2.39. The van der Waals surface area contributed by atoms with E-state index in [1.165, 1.54) is 29.5 Å². The molecular weight excluding hydrogens is 559 g/mol. The Labute approximate surface area is 250 Å². The number of amides is 1. The SMILES string of the molecule is CC(=O)/C(N)=C1\CN(C(=O)/C(C=N)=C/N)CC(C)(C)C1=NCc1ccc(C(F)(F)F)cc1.CCc1cccc(C(C)O)c1. The highest BCUT2D eigenvalue weighted by atomic mass is 19.4. The van der Waals surface area contributed by atoms with E-state index < -0.39 is 28.8 Å². The van der Waals surface area contributed by atoms with Gasteiger partial charge in [-0.2, -0.15) is 13.2 Å². The largest absolute Gasteiger partial charge is 0.416 e. The number of nitrogens with one attached hydrogen (secondary N) is 1. The van der Waals surface area contributed by atoms with E-state index in [0.29, 0.717) is 16.8 Å². The molecule has 1 aliphatic heterocycles. The molecule has 8 nitrogen and oxygen atoms in total. The number of nitrogens with zero attached hydrogens (tertiary/aromatic N) is 2. The number of hydrogen-bond acceptors (Lipinski definition) is 7. The molecule has 232 valence electrons. The summed E-state index contributed by atoms with van der Waals surface area (Å²) in [4.78, 5) is 30.8. The maximum absolute atomic E-state index is 12.8.